The number of hydrogen-bond donors (Lipinski definition) is 0. The van der Waals surface area contributed by atoms with Crippen LogP contribution in [0.3, 0.4) is 0 Å². The minimum absolute atomic E-state index is 0.0710. The largest absolute Gasteiger partial charge is 0.342 e. The second-order valence-electron chi connectivity index (χ2n) is 7.68. The topological polar surface area (TPSA) is 63.9 Å². The molecule has 6 nitrogen and oxygen atoms in total. The van der Waals surface area contributed by atoms with E-state index in [1.807, 2.05) is 27.8 Å². The first-order chi connectivity index (χ1) is 11.9. The van der Waals surface area contributed by atoms with Crippen LogP contribution in [0.2, 0.25) is 0 Å². The van der Waals surface area contributed by atoms with Gasteiger partial charge in [0, 0.05) is 38.0 Å². The first kappa shape index (κ1) is 17.6. The summed E-state index contributed by atoms with van der Waals surface area (Å²) < 4.78 is 1.83. The summed E-state index contributed by atoms with van der Waals surface area (Å²) in [7, 11) is 0. The molecule has 0 radical (unpaired) electrons. The van der Waals surface area contributed by atoms with Gasteiger partial charge < -0.3 is 4.90 Å². The number of hydrogen-bond acceptors (Lipinski definition) is 4. The molecule has 0 N–H and O–H groups in total. The van der Waals surface area contributed by atoms with Crippen LogP contribution in [0.5, 0.6) is 0 Å². The van der Waals surface area contributed by atoms with E-state index < -0.39 is 0 Å². The van der Waals surface area contributed by atoms with E-state index in [0.29, 0.717) is 24.8 Å². The van der Waals surface area contributed by atoms with Gasteiger partial charge in [0.05, 0.1) is 0 Å². The fraction of sp³-hybridized carbons (Fsp3) is 0.579. The molecule has 0 aliphatic carbocycles. The van der Waals surface area contributed by atoms with Crippen molar-refractivity contribution in [3.8, 4) is 5.82 Å². The molecule has 1 fully saturated rings. The Labute approximate surface area is 149 Å². The Morgan fingerprint density at radius 3 is 2.64 bits per heavy atom. The van der Waals surface area contributed by atoms with Crippen molar-refractivity contribution in [1.29, 1.82) is 0 Å². The normalized spacial score (nSPS) is 17.9. The number of rotatable bonds is 6. The number of amides is 1. The van der Waals surface area contributed by atoms with Crippen LogP contribution < -0.4 is 0 Å². The Balaban J connectivity index is 1.92. The van der Waals surface area contributed by atoms with Crippen molar-refractivity contribution in [2.24, 2.45) is 11.8 Å². The van der Waals surface area contributed by atoms with Crippen molar-refractivity contribution in [3.05, 3.63) is 36.0 Å². The predicted octanol–water partition coefficient (Wildman–Crippen LogP) is 2.83. The van der Waals surface area contributed by atoms with E-state index in [4.69, 9.17) is 4.98 Å². The third-order valence-corrected chi connectivity index (χ3v) is 4.30. The molecule has 3 heterocycles. The highest BCUT2D eigenvalue weighted by atomic mass is 16.2. The second kappa shape index (κ2) is 7.33. The standard InChI is InChI=1S/C19H27N5O/c1-13(2)9-16-21-19(24(22-16)17-7-5-6-8-20-17)15-10-18(25)23(12-15)11-14(3)4/h5-8,13-15H,9-12H2,1-4H3. The lowest BCUT2D eigenvalue weighted by atomic mass is 10.1. The first-order valence-corrected chi connectivity index (χ1v) is 9.09. The van der Waals surface area contributed by atoms with Gasteiger partial charge in [0.2, 0.25) is 5.91 Å². The Morgan fingerprint density at radius 1 is 1.20 bits per heavy atom. The average Bonchev–Trinajstić information content (AvgIpc) is 3.11. The van der Waals surface area contributed by atoms with Crippen LogP contribution in [0.15, 0.2) is 24.4 Å². The zero-order valence-electron chi connectivity index (χ0n) is 15.5. The molecule has 2 aromatic heterocycles. The number of carbonyl (C=O) groups is 1. The van der Waals surface area contributed by atoms with Crippen LogP contribution in [-0.4, -0.2) is 43.6 Å². The maximum Gasteiger partial charge on any atom is 0.223 e. The Hall–Kier alpha value is -2.24. The van der Waals surface area contributed by atoms with Gasteiger partial charge >= 0.3 is 0 Å². The van der Waals surface area contributed by atoms with Crippen LogP contribution in [0, 0.1) is 11.8 Å². The molecule has 2 aromatic rings. The molecule has 1 amide bonds. The molecule has 1 unspecified atom stereocenters. The van der Waals surface area contributed by atoms with E-state index in [1.54, 1.807) is 6.20 Å². The molecular weight excluding hydrogens is 314 g/mol. The molecule has 0 spiro atoms. The van der Waals surface area contributed by atoms with Crippen molar-refractivity contribution < 1.29 is 4.79 Å². The Kier molecular flexibility index (Phi) is 5.16. The number of nitrogens with zero attached hydrogens (tertiary/aromatic N) is 5. The summed E-state index contributed by atoms with van der Waals surface area (Å²) in [6.07, 6.45) is 3.08. The average molecular weight is 341 g/mol. The summed E-state index contributed by atoms with van der Waals surface area (Å²) in [5, 5.41) is 4.69. The summed E-state index contributed by atoms with van der Waals surface area (Å²) in [5.74, 6) is 3.67. The van der Waals surface area contributed by atoms with Gasteiger partial charge in [-0.05, 0) is 24.0 Å². The summed E-state index contributed by atoms with van der Waals surface area (Å²) in [6.45, 7) is 10.1. The van der Waals surface area contributed by atoms with Crippen molar-refractivity contribution in [2.45, 2.75) is 46.5 Å². The minimum Gasteiger partial charge on any atom is -0.342 e. The molecule has 3 rings (SSSR count). The fourth-order valence-electron chi connectivity index (χ4n) is 3.29. The number of carbonyl (C=O) groups excluding carboxylic acids is 1. The molecule has 1 saturated heterocycles. The van der Waals surface area contributed by atoms with Crippen molar-refractivity contribution >= 4 is 5.91 Å². The smallest absolute Gasteiger partial charge is 0.223 e. The number of aromatic nitrogens is 4. The molecule has 1 atom stereocenters. The highest BCUT2D eigenvalue weighted by Gasteiger charge is 2.34. The highest BCUT2D eigenvalue weighted by molar-refractivity contribution is 5.79. The SMILES string of the molecule is CC(C)Cc1nc(C2CC(=O)N(CC(C)C)C2)n(-c2ccccn2)n1. The third-order valence-electron chi connectivity index (χ3n) is 4.30. The zero-order chi connectivity index (χ0) is 18.0. The maximum atomic E-state index is 12.4. The number of pyridine rings is 1. The Morgan fingerprint density at radius 2 is 2.00 bits per heavy atom. The van der Waals surface area contributed by atoms with E-state index in [9.17, 15) is 4.79 Å². The van der Waals surface area contributed by atoms with Crippen LogP contribution in [0.25, 0.3) is 5.82 Å². The lowest BCUT2D eigenvalue weighted by Gasteiger charge is -2.18. The van der Waals surface area contributed by atoms with E-state index in [1.165, 1.54) is 0 Å². The number of likely N-dealkylation sites (tertiary alicyclic amines) is 1. The van der Waals surface area contributed by atoms with Crippen LogP contribution in [0.4, 0.5) is 0 Å². The quantitative estimate of drug-likeness (QED) is 0.810. The molecule has 134 valence electrons. The van der Waals surface area contributed by atoms with E-state index in [0.717, 1.165) is 30.4 Å². The van der Waals surface area contributed by atoms with Gasteiger partial charge in [0.1, 0.15) is 5.82 Å². The van der Waals surface area contributed by atoms with Crippen LogP contribution in [-0.2, 0) is 11.2 Å². The molecule has 1 aliphatic heterocycles. The van der Waals surface area contributed by atoms with Gasteiger partial charge in [-0.15, -0.1) is 5.10 Å². The van der Waals surface area contributed by atoms with Crippen LogP contribution >= 0.6 is 0 Å². The molecule has 0 saturated carbocycles. The summed E-state index contributed by atoms with van der Waals surface area (Å²) in [4.78, 5) is 23.5. The van der Waals surface area contributed by atoms with Crippen LogP contribution in [0.1, 0.15) is 51.7 Å². The van der Waals surface area contributed by atoms with Crippen molar-refractivity contribution in [1.82, 2.24) is 24.6 Å². The van der Waals surface area contributed by atoms with Gasteiger partial charge in [-0.2, -0.15) is 4.68 Å². The Bertz CT molecular complexity index is 723. The predicted molar refractivity (Wildman–Crippen MR) is 96.5 cm³/mol. The van der Waals surface area contributed by atoms with Crippen molar-refractivity contribution in [2.75, 3.05) is 13.1 Å². The van der Waals surface area contributed by atoms with Gasteiger partial charge in [0.25, 0.3) is 0 Å². The monoisotopic (exact) mass is 341 g/mol. The van der Waals surface area contributed by atoms with E-state index in [2.05, 4.69) is 37.8 Å². The minimum atomic E-state index is 0.0710. The van der Waals surface area contributed by atoms with E-state index >= 15 is 0 Å². The fourth-order valence-corrected chi connectivity index (χ4v) is 3.29. The molecule has 6 heteroatoms. The molecule has 0 aromatic carbocycles. The summed E-state index contributed by atoms with van der Waals surface area (Å²) in [6, 6.07) is 5.76. The summed E-state index contributed by atoms with van der Waals surface area (Å²) >= 11 is 0. The van der Waals surface area contributed by atoms with Gasteiger partial charge in [-0.3, -0.25) is 4.79 Å². The van der Waals surface area contributed by atoms with Crippen molar-refractivity contribution in [3.63, 3.8) is 0 Å². The maximum absolute atomic E-state index is 12.4. The molecule has 25 heavy (non-hydrogen) atoms. The summed E-state index contributed by atoms with van der Waals surface area (Å²) in [5.41, 5.74) is 0. The molecule has 0 bridgehead atoms. The lowest BCUT2D eigenvalue weighted by Crippen LogP contribution is -2.29. The highest BCUT2D eigenvalue weighted by Crippen LogP contribution is 2.29. The molecular formula is C19H27N5O. The van der Waals surface area contributed by atoms with E-state index in [-0.39, 0.29) is 11.8 Å². The van der Waals surface area contributed by atoms with Gasteiger partial charge in [-0.1, -0.05) is 33.8 Å². The molecule has 1 aliphatic rings. The van der Waals surface area contributed by atoms with Gasteiger partial charge in [0.15, 0.2) is 11.6 Å². The first-order valence-electron chi connectivity index (χ1n) is 9.09. The second-order valence-corrected chi connectivity index (χ2v) is 7.68. The van der Waals surface area contributed by atoms with Gasteiger partial charge in [-0.25, -0.2) is 9.97 Å². The lowest BCUT2D eigenvalue weighted by molar-refractivity contribution is -0.128. The zero-order valence-corrected chi connectivity index (χ0v) is 15.5. The third kappa shape index (κ3) is 4.06.